The van der Waals surface area contributed by atoms with E-state index in [4.69, 9.17) is 9.47 Å². The minimum Gasteiger partial charge on any atom is -0.497 e. The van der Waals surface area contributed by atoms with Crippen LogP contribution in [0.3, 0.4) is 0 Å². The minimum atomic E-state index is -4.68. The number of hydrogen-bond donors (Lipinski definition) is 0. The van der Waals surface area contributed by atoms with Crippen LogP contribution in [0.2, 0.25) is 0 Å². The number of alkyl halides is 3. The molecule has 0 radical (unpaired) electrons. The maximum Gasteiger partial charge on any atom is 0.418 e. The second-order valence-electron chi connectivity index (χ2n) is 8.93. The highest BCUT2D eigenvalue weighted by molar-refractivity contribution is 5.72. The van der Waals surface area contributed by atoms with Gasteiger partial charge >= 0.3 is 6.18 Å². The van der Waals surface area contributed by atoms with Crippen LogP contribution in [0.15, 0.2) is 41.2 Å². The quantitative estimate of drug-likeness (QED) is 0.478. The van der Waals surface area contributed by atoms with Crippen LogP contribution in [0.25, 0.3) is 16.9 Å². The molecule has 7 nitrogen and oxygen atoms in total. The van der Waals surface area contributed by atoms with Gasteiger partial charge in [-0.3, -0.25) is 4.79 Å². The van der Waals surface area contributed by atoms with Crippen molar-refractivity contribution in [3.8, 4) is 28.4 Å². The Bertz CT molecular complexity index is 1310. The Hall–Kier alpha value is -3.69. The van der Waals surface area contributed by atoms with E-state index in [0.717, 1.165) is 36.7 Å². The average molecular weight is 503 g/mol. The van der Waals surface area contributed by atoms with Gasteiger partial charge in [-0.25, -0.2) is 0 Å². The number of ether oxygens (including phenoxy) is 2. The van der Waals surface area contributed by atoms with E-state index in [1.807, 2.05) is 4.90 Å². The molecule has 1 aromatic heterocycles. The molecular formula is C26H29F3N4O3. The lowest BCUT2D eigenvalue weighted by atomic mass is 10.0. The van der Waals surface area contributed by atoms with Crippen molar-refractivity contribution in [3.05, 3.63) is 57.9 Å². The molecule has 192 valence electrons. The molecular weight excluding hydrogens is 473 g/mol. The SMILES string of the molecule is COc1cc(OC)cc(-c2nn(-c3cc(N4CCCC4)ccc3C(F)(F)F)c(=O)c(N(C)C)c2C)c1. The summed E-state index contributed by atoms with van der Waals surface area (Å²) in [5.74, 6) is 0.975. The van der Waals surface area contributed by atoms with Crippen LogP contribution in [0, 0.1) is 6.92 Å². The molecule has 0 atom stereocenters. The van der Waals surface area contributed by atoms with E-state index in [9.17, 15) is 18.0 Å². The first-order valence-electron chi connectivity index (χ1n) is 11.6. The predicted octanol–water partition coefficient (Wildman–Crippen LogP) is 4.91. The summed E-state index contributed by atoms with van der Waals surface area (Å²) >= 11 is 0. The summed E-state index contributed by atoms with van der Waals surface area (Å²) in [7, 11) is 6.36. The summed E-state index contributed by atoms with van der Waals surface area (Å²) in [5, 5.41) is 4.50. The topological polar surface area (TPSA) is 59.8 Å². The molecule has 2 aromatic carbocycles. The number of benzene rings is 2. The van der Waals surface area contributed by atoms with Gasteiger partial charge in [-0.15, -0.1) is 0 Å². The van der Waals surface area contributed by atoms with Crippen LogP contribution in [-0.2, 0) is 6.18 Å². The Kier molecular flexibility index (Phi) is 6.88. The molecule has 4 rings (SSSR count). The van der Waals surface area contributed by atoms with Crippen LogP contribution >= 0.6 is 0 Å². The van der Waals surface area contributed by atoms with Gasteiger partial charge in [-0.1, -0.05) is 0 Å². The molecule has 2 heterocycles. The van der Waals surface area contributed by atoms with E-state index >= 15 is 0 Å². The van der Waals surface area contributed by atoms with E-state index in [1.165, 1.54) is 26.4 Å². The van der Waals surface area contributed by atoms with Crippen molar-refractivity contribution in [1.82, 2.24) is 9.78 Å². The van der Waals surface area contributed by atoms with Crippen molar-refractivity contribution in [2.24, 2.45) is 0 Å². The zero-order valence-corrected chi connectivity index (χ0v) is 20.9. The summed E-state index contributed by atoms with van der Waals surface area (Å²) in [4.78, 5) is 17.2. The maximum absolute atomic E-state index is 14.1. The van der Waals surface area contributed by atoms with Crippen molar-refractivity contribution in [3.63, 3.8) is 0 Å². The molecule has 0 N–H and O–H groups in total. The summed E-state index contributed by atoms with van der Waals surface area (Å²) in [6.45, 7) is 3.22. The number of nitrogens with zero attached hydrogens (tertiary/aromatic N) is 4. The molecule has 1 aliphatic rings. The molecule has 1 fully saturated rings. The average Bonchev–Trinajstić information content (AvgIpc) is 3.38. The molecule has 0 saturated carbocycles. The number of rotatable bonds is 6. The lowest BCUT2D eigenvalue weighted by Crippen LogP contribution is -2.31. The predicted molar refractivity (Wildman–Crippen MR) is 134 cm³/mol. The van der Waals surface area contributed by atoms with E-state index in [0.29, 0.717) is 34.0 Å². The smallest absolute Gasteiger partial charge is 0.418 e. The maximum atomic E-state index is 14.1. The number of methoxy groups -OCH3 is 2. The van der Waals surface area contributed by atoms with Crippen LogP contribution < -0.4 is 24.8 Å². The van der Waals surface area contributed by atoms with Gasteiger partial charge in [-0.05, 0) is 50.1 Å². The first kappa shape index (κ1) is 25.4. The molecule has 3 aromatic rings. The van der Waals surface area contributed by atoms with Crippen molar-refractivity contribution < 1.29 is 22.6 Å². The zero-order valence-electron chi connectivity index (χ0n) is 20.9. The van der Waals surface area contributed by atoms with E-state index in [1.54, 1.807) is 44.1 Å². The fourth-order valence-corrected chi connectivity index (χ4v) is 4.61. The van der Waals surface area contributed by atoms with Gasteiger partial charge in [0.25, 0.3) is 5.56 Å². The van der Waals surface area contributed by atoms with Gasteiger partial charge in [0.05, 0.1) is 31.2 Å². The van der Waals surface area contributed by atoms with Gasteiger partial charge in [0.2, 0.25) is 0 Å². The van der Waals surface area contributed by atoms with Crippen molar-refractivity contribution >= 4 is 11.4 Å². The normalized spacial score (nSPS) is 13.7. The molecule has 10 heteroatoms. The van der Waals surface area contributed by atoms with Crippen LogP contribution in [-0.4, -0.2) is 51.2 Å². The van der Waals surface area contributed by atoms with Gasteiger partial charge in [0.1, 0.15) is 17.2 Å². The summed E-state index contributed by atoms with van der Waals surface area (Å²) < 4.78 is 54.0. The largest absolute Gasteiger partial charge is 0.497 e. The highest BCUT2D eigenvalue weighted by atomic mass is 19.4. The third kappa shape index (κ3) is 4.72. The van der Waals surface area contributed by atoms with E-state index in [2.05, 4.69) is 5.10 Å². The molecule has 0 unspecified atom stereocenters. The molecule has 1 saturated heterocycles. The monoisotopic (exact) mass is 502 g/mol. The summed E-state index contributed by atoms with van der Waals surface area (Å²) in [6.07, 6.45) is -2.75. The summed E-state index contributed by atoms with van der Waals surface area (Å²) in [6, 6.07) is 8.99. The molecule has 0 spiro atoms. The lowest BCUT2D eigenvalue weighted by Gasteiger charge is -2.23. The number of hydrogen-bond acceptors (Lipinski definition) is 6. The molecule has 1 aliphatic heterocycles. The Morgan fingerprint density at radius 3 is 2.11 bits per heavy atom. The van der Waals surface area contributed by atoms with Gasteiger partial charge in [-0.2, -0.15) is 23.0 Å². The highest BCUT2D eigenvalue weighted by Crippen LogP contribution is 2.37. The molecule has 0 aliphatic carbocycles. The third-order valence-electron chi connectivity index (χ3n) is 6.36. The second kappa shape index (κ2) is 9.75. The van der Waals surface area contributed by atoms with E-state index < -0.39 is 17.3 Å². The van der Waals surface area contributed by atoms with E-state index in [-0.39, 0.29) is 11.4 Å². The zero-order chi connectivity index (χ0) is 26.2. The van der Waals surface area contributed by atoms with Crippen LogP contribution in [0.5, 0.6) is 11.5 Å². The fraction of sp³-hybridized carbons (Fsp3) is 0.385. The van der Waals surface area contributed by atoms with Crippen molar-refractivity contribution in [1.29, 1.82) is 0 Å². The fourth-order valence-electron chi connectivity index (χ4n) is 4.61. The minimum absolute atomic E-state index is 0.237. The van der Waals surface area contributed by atoms with Crippen LogP contribution in [0.4, 0.5) is 24.5 Å². The Balaban J connectivity index is 2.04. The molecule has 36 heavy (non-hydrogen) atoms. The Morgan fingerprint density at radius 2 is 1.58 bits per heavy atom. The molecule has 0 bridgehead atoms. The highest BCUT2D eigenvalue weighted by Gasteiger charge is 2.36. The van der Waals surface area contributed by atoms with Gasteiger partial charge in [0.15, 0.2) is 0 Å². The third-order valence-corrected chi connectivity index (χ3v) is 6.36. The standard InChI is InChI=1S/C26H29F3N4O3/c1-16-23(17-12-19(35-4)15-20(13-17)36-5)30-33(25(34)24(16)31(2)3)22-14-18(32-10-6-7-11-32)8-9-21(22)26(27,28)29/h8-9,12-15H,6-7,10-11H2,1-5H3. The lowest BCUT2D eigenvalue weighted by molar-refractivity contribution is -0.137. The number of halogens is 3. The molecule has 0 amide bonds. The van der Waals surface area contributed by atoms with Gasteiger partial charge in [0, 0.05) is 50.1 Å². The first-order valence-corrected chi connectivity index (χ1v) is 11.6. The number of anilines is 2. The summed E-state index contributed by atoms with van der Waals surface area (Å²) in [5.41, 5.74) is 0.405. The van der Waals surface area contributed by atoms with Crippen molar-refractivity contribution in [2.45, 2.75) is 25.9 Å². The van der Waals surface area contributed by atoms with Gasteiger partial charge < -0.3 is 19.3 Å². The second-order valence-corrected chi connectivity index (χ2v) is 8.93. The number of aromatic nitrogens is 2. The first-order chi connectivity index (χ1) is 17.0. The Morgan fingerprint density at radius 1 is 0.972 bits per heavy atom. The Labute approximate surface area is 207 Å². The van der Waals surface area contributed by atoms with Crippen molar-refractivity contribution in [2.75, 3.05) is 51.2 Å². The van der Waals surface area contributed by atoms with Crippen LogP contribution in [0.1, 0.15) is 24.0 Å².